The Hall–Kier alpha value is -1.70. The van der Waals surface area contributed by atoms with Gasteiger partial charge in [-0.05, 0) is 75.8 Å². The lowest BCUT2D eigenvalue weighted by Crippen LogP contribution is -2.50. The molecule has 4 rings (SSSR count). The summed E-state index contributed by atoms with van der Waals surface area (Å²) in [5.41, 5.74) is 0.926. The number of aromatic nitrogens is 1. The molecule has 0 bridgehead atoms. The van der Waals surface area contributed by atoms with Crippen LogP contribution in [0.1, 0.15) is 31.2 Å². The maximum absolute atomic E-state index is 12.9. The van der Waals surface area contributed by atoms with Crippen LogP contribution in [0.3, 0.4) is 0 Å². The number of rotatable bonds is 9. The maximum Gasteiger partial charge on any atom is 0.228 e. The fourth-order valence-corrected chi connectivity index (χ4v) is 5.29. The van der Waals surface area contributed by atoms with E-state index in [2.05, 4.69) is 27.9 Å². The number of hydrogen-bond acceptors (Lipinski definition) is 5. The smallest absolute Gasteiger partial charge is 0.228 e. The third-order valence-corrected chi connectivity index (χ3v) is 7.87. The maximum atomic E-state index is 12.9. The summed E-state index contributed by atoms with van der Waals surface area (Å²) in [6.45, 7) is 7.41. The predicted octanol–water partition coefficient (Wildman–Crippen LogP) is 4.50. The largest absolute Gasteiger partial charge is 0.379 e. The molecular weight excluding hydrogens is 471 g/mol. The van der Waals surface area contributed by atoms with Gasteiger partial charge < -0.3 is 9.64 Å². The average Bonchev–Trinajstić information content (AvgIpc) is 2.86. The SMILES string of the molecule is CN(CCCN1CCOCC1)CC[C@]1(c2ccc(Cl)c(Cl)c2)CCC(=O)N(c2ccccn2)C1. The van der Waals surface area contributed by atoms with Crippen molar-refractivity contribution in [1.29, 1.82) is 0 Å². The van der Waals surface area contributed by atoms with Crippen LogP contribution < -0.4 is 4.90 Å². The molecule has 0 radical (unpaired) electrons. The fraction of sp³-hybridized carbons (Fsp3) is 0.538. The van der Waals surface area contributed by atoms with Crippen LogP contribution in [0.2, 0.25) is 10.0 Å². The monoisotopic (exact) mass is 504 g/mol. The Morgan fingerprint density at radius 3 is 2.68 bits per heavy atom. The highest BCUT2D eigenvalue weighted by atomic mass is 35.5. The highest BCUT2D eigenvalue weighted by Crippen LogP contribution is 2.41. The molecule has 2 fully saturated rings. The van der Waals surface area contributed by atoms with Gasteiger partial charge in [-0.2, -0.15) is 0 Å². The van der Waals surface area contributed by atoms with Gasteiger partial charge in [0.2, 0.25) is 5.91 Å². The summed E-state index contributed by atoms with van der Waals surface area (Å²) >= 11 is 12.7. The summed E-state index contributed by atoms with van der Waals surface area (Å²) in [7, 11) is 2.19. The molecule has 0 unspecified atom stereocenters. The Morgan fingerprint density at radius 2 is 1.94 bits per heavy atom. The van der Waals surface area contributed by atoms with Gasteiger partial charge in [-0.3, -0.25) is 14.6 Å². The minimum Gasteiger partial charge on any atom is -0.379 e. The van der Waals surface area contributed by atoms with Crippen LogP contribution in [0, 0.1) is 0 Å². The molecule has 8 heteroatoms. The van der Waals surface area contributed by atoms with Gasteiger partial charge in [-0.25, -0.2) is 4.98 Å². The lowest BCUT2D eigenvalue weighted by atomic mass is 9.71. The topological polar surface area (TPSA) is 48.9 Å². The number of piperidine rings is 1. The van der Waals surface area contributed by atoms with Crippen molar-refractivity contribution in [3.05, 3.63) is 58.2 Å². The molecule has 0 spiro atoms. The number of anilines is 1. The molecule has 1 aromatic carbocycles. The molecule has 2 aliphatic rings. The molecule has 2 aromatic rings. The second-order valence-electron chi connectivity index (χ2n) is 9.44. The zero-order valence-electron chi connectivity index (χ0n) is 19.9. The van der Waals surface area contributed by atoms with E-state index in [1.807, 2.05) is 35.2 Å². The van der Waals surface area contributed by atoms with E-state index < -0.39 is 0 Å². The Labute approximate surface area is 212 Å². The van der Waals surface area contributed by atoms with E-state index in [1.165, 1.54) is 0 Å². The molecule has 0 aliphatic carbocycles. The molecule has 0 saturated carbocycles. The number of ether oxygens (including phenoxy) is 1. The van der Waals surface area contributed by atoms with Crippen molar-refractivity contribution >= 4 is 34.9 Å². The number of carbonyl (C=O) groups excluding carboxylic acids is 1. The summed E-state index contributed by atoms with van der Waals surface area (Å²) in [6, 6.07) is 11.6. The van der Waals surface area contributed by atoms with E-state index in [-0.39, 0.29) is 11.3 Å². The fourth-order valence-electron chi connectivity index (χ4n) is 4.99. The Balaban J connectivity index is 1.46. The lowest BCUT2D eigenvalue weighted by Gasteiger charge is -2.43. The molecule has 1 aromatic heterocycles. The molecule has 2 saturated heterocycles. The number of carbonyl (C=O) groups is 1. The molecule has 34 heavy (non-hydrogen) atoms. The third kappa shape index (κ3) is 6.29. The van der Waals surface area contributed by atoms with E-state index in [4.69, 9.17) is 27.9 Å². The first kappa shape index (κ1) is 25.4. The van der Waals surface area contributed by atoms with Gasteiger partial charge in [0.1, 0.15) is 5.82 Å². The van der Waals surface area contributed by atoms with E-state index in [0.717, 1.165) is 70.8 Å². The van der Waals surface area contributed by atoms with Crippen molar-refractivity contribution in [2.24, 2.45) is 0 Å². The van der Waals surface area contributed by atoms with Crippen LogP contribution in [0.4, 0.5) is 5.82 Å². The van der Waals surface area contributed by atoms with Gasteiger partial charge >= 0.3 is 0 Å². The van der Waals surface area contributed by atoms with Gasteiger partial charge in [-0.1, -0.05) is 35.3 Å². The molecule has 6 nitrogen and oxygen atoms in total. The van der Waals surface area contributed by atoms with Crippen molar-refractivity contribution in [1.82, 2.24) is 14.8 Å². The predicted molar refractivity (Wildman–Crippen MR) is 138 cm³/mol. The molecule has 184 valence electrons. The normalized spacial score (nSPS) is 21.9. The van der Waals surface area contributed by atoms with Crippen LogP contribution in [0.15, 0.2) is 42.6 Å². The highest BCUT2D eigenvalue weighted by Gasteiger charge is 2.41. The zero-order chi connectivity index (χ0) is 24.0. The molecule has 3 heterocycles. The summed E-state index contributed by atoms with van der Waals surface area (Å²) in [5.74, 6) is 0.823. The molecule has 0 N–H and O–H groups in total. The number of halogens is 2. The molecule has 2 aliphatic heterocycles. The second-order valence-corrected chi connectivity index (χ2v) is 10.3. The number of nitrogens with zero attached hydrogens (tertiary/aromatic N) is 4. The zero-order valence-corrected chi connectivity index (χ0v) is 21.4. The van der Waals surface area contributed by atoms with Crippen molar-refractivity contribution in [3.63, 3.8) is 0 Å². The quantitative estimate of drug-likeness (QED) is 0.503. The summed E-state index contributed by atoms with van der Waals surface area (Å²) in [4.78, 5) is 24.1. The minimum atomic E-state index is -0.210. The number of amides is 1. The lowest BCUT2D eigenvalue weighted by molar-refractivity contribution is -0.120. The summed E-state index contributed by atoms with van der Waals surface area (Å²) in [6.07, 6.45) is 5.07. The molecule has 1 amide bonds. The Morgan fingerprint density at radius 1 is 1.12 bits per heavy atom. The Bertz CT molecular complexity index is 955. The van der Waals surface area contributed by atoms with Gasteiger partial charge in [0.25, 0.3) is 0 Å². The number of morpholine rings is 1. The first-order valence-electron chi connectivity index (χ1n) is 12.1. The van der Waals surface area contributed by atoms with Crippen molar-refractivity contribution in [2.75, 3.05) is 64.4 Å². The van der Waals surface area contributed by atoms with E-state index in [9.17, 15) is 4.79 Å². The van der Waals surface area contributed by atoms with E-state index in [0.29, 0.717) is 28.8 Å². The van der Waals surface area contributed by atoms with Crippen molar-refractivity contribution < 1.29 is 9.53 Å². The summed E-state index contributed by atoms with van der Waals surface area (Å²) < 4.78 is 5.45. The van der Waals surface area contributed by atoms with Crippen molar-refractivity contribution in [3.8, 4) is 0 Å². The van der Waals surface area contributed by atoms with Crippen molar-refractivity contribution in [2.45, 2.75) is 31.1 Å². The third-order valence-electron chi connectivity index (χ3n) is 7.13. The molecular formula is C26H34Cl2N4O2. The van der Waals surface area contributed by atoms with Crippen LogP contribution in [0.25, 0.3) is 0 Å². The number of pyridine rings is 1. The van der Waals surface area contributed by atoms with Gasteiger partial charge in [-0.15, -0.1) is 0 Å². The first-order valence-corrected chi connectivity index (χ1v) is 12.9. The van der Waals surface area contributed by atoms with Gasteiger partial charge in [0.15, 0.2) is 0 Å². The Kier molecular flexibility index (Phi) is 8.83. The highest BCUT2D eigenvalue weighted by molar-refractivity contribution is 6.42. The van der Waals surface area contributed by atoms with Gasteiger partial charge in [0, 0.05) is 37.7 Å². The van der Waals surface area contributed by atoms with Crippen LogP contribution in [-0.2, 0) is 14.9 Å². The number of hydrogen-bond donors (Lipinski definition) is 0. The van der Waals surface area contributed by atoms with Gasteiger partial charge in [0.05, 0.1) is 23.3 Å². The van der Waals surface area contributed by atoms with E-state index >= 15 is 0 Å². The second kappa shape index (κ2) is 11.8. The average molecular weight is 505 g/mol. The van der Waals surface area contributed by atoms with Crippen LogP contribution >= 0.6 is 23.2 Å². The molecule has 1 atom stereocenters. The van der Waals surface area contributed by atoms with Crippen LogP contribution in [-0.4, -0.2) is 80.2 Å². The van der Waals surface area contributed by atoms with Crippen LogP contribution in [0.5, 0.6) is 0 Å². The standard InChI is InChI=1S/C26H34Cl2N4O2/c1-30(12-4-13-31-15-17-34-18-16-31)14-10-26(21-6-7-22(27)23(28)19-21)9-8-25(33)32(20-26)24-5-2-3-11-29-24/h2-3,5-7,11,19H,4,8-10,12-18,20H2,1H3/t26-/m1/s1. The summed E-state index contributed by atoms with van der Waals surface area (Å²) in [5, 5.41) is 1.10. The van der Waals surface area contributed by atoms with E-state index in [1.54, 1.807) is 6.20 Å². The minimum absolute atomic E-state index is 0.119. The first-order chi connectivity index (χ1) is 16.5. The number of benzene rings is 1.